The van der Waals surface area contributed by atoms with Crippen molar-refractivity contribution in [1.29, 1.82) is 0 Å². The number of nitrogen functional groups attached to an aromatic ring is 1. The molecule has 5 heteroatoms. The van der Waals surface area contributed by atoms with Crippen LogP contribution >= 0.6 is 0 Å². The first-order valence-electron chi connectivity index (χ1n) is 6.50. The quantitative estimate of drug-likeness (QED) is 0.667. The third kappa shape index (κ3) is 2.79. The Morgan fingerprint density at radius 1 is 1.17 bits per heavy atom. The minimum Gasteiger partial charge on any atom is -0.466 e. The van der Waals surface area contributed by atoms with Crippen molar-refractivity contribution in [2.75, 3.05) is 5.73 Å². The highest BCUT2D eigenvalue weighted by Gasteiger charge is 2.48. The molecule has 0 amide bonds. The van der Waals surface area contributed by atoms with Crippen LogP contribution in [0.25, 0.3) is 0 Å². The van der Waals surface area contributed by atoms with Gasteiger partial charge >= 0.3 is 0 Å². The van der Waals surface area contributed by atoms with E-state index in [-0.39, 0.29) is 6.29 Å². The van der Waals surface area contributed by atoms with Crippen LogP contribution in [0.1, 0.15) is 6.42 Å². The van der Waals surface area contributed by atoms with Crippen molar-refractivity contribution in [3.63, 3.8) is 0 Å². The molecule has 1 heterocycles. The van der Waals surface area contributed by atoms with Gasteiger partial charge in [0.1, 0.15) is 5.75 Å². The second-order valence-corrected chi connectivity index (χ2v) is 21.4. The summed E-state index contributed by atoms with van der Waals surface area (Å²) in [7, 11) is -2.73. The molecule has 1 aromatic carbocycles. The predicted octanol–water partition coefficient (Wildman–Crippen LogP) is 3.39. The van der Waals surface area contributed by atoms with Gasteiger partial charge in [0, 0.05) is 12.1 Å². The largest absolute Gasteiger partial charge is 0.466 e. The number of hydrogen-bond acceptors (Lipinski definition) is 3. The molecule has 1 fully saturated rings. The Labute approximate surface area is 111 Å². The van der Waals surface area contributed by atoms with Gasteiger partial charge in [0.2, 0.25) is 0 Å². The lowest BCUT2D eigenvalue weighted by Crippen LogP contribution is -2.62. The Kier molecular flexibility index (Phi) is 3.57. The Hall–Kier alpha value is -0.786. The zero-order chi connectivity index (χ0) is 13.4. The van der Waals surface area contributed by atoms with Crippen LogP contribution in [0.15, 0.2) is 24.3 Å². The number of rotatable bonds is 2. The van der Waals surface area contributed by atoms with Crippen LogP contribution < -0.4 is 10.5 Å². The topological polar surface area (TPSA) is 44.5 Å². The van der Waals surface area contributed by atoms with Crippen molar-refractivity contribution < 1.29 is 9.16 Å². The number of anilines is 1. The fourth-order valence-electron chi connectivity index (χ4n) is 2.11. The zero-order valence-corrected chi connectivity index (χ0v) is 13.7. The second kappa shape index (κ2) is 4.71. The fourth-order valence-corrected chi connectivity index (χ4v) is 8.40. The van der Waals surface area contributed by atoms with Crippen molar-refractivity contribution in [3.05, 3.63) is 24.3 Å². The lowest BCUT2D eigenvalue weighted by atomic mass is 10.3. The Morgan fingerprint density at radius 2 is 1.78 bits per heavy atom. The smallest absolute Gasteiger partial charge is 0.190 e. The molecule has 1 aliphatic rings. The first kappa shape index (κ1) is 13.6. The van der Waals surface area contributed by atoms with E-state index in [1.165, 1.54) is 6.04 Å². The van der Waals surface area contributed by atoms with Crippen LogP contribution in [0.5, 0.6) is 5.75 Å². The number of benzene rings is 1. The van der Waals surface area contributed by atoms with Crippen molar-refractivity contribution in [2.45, 2.75) is 44.9 Å². The molecule has 1 unspecified atom stereocenters. The molecule has 0 aliphatic carbocycles. The number of ether oxygens (including phenoxy) is 1. The van der Waals surface area contributed by atoms with Gasteiger partial charge < -0.3 is 14.9 Å². The summed E-state index contributed by atoms with van der Waals surface area (Å²) in [5.41, 5.74) is 6.42. The molecule has 2 rings (SSSR count). The van der Waals surface area contributed by atoms with E-state index in [2.05, 4.69) is 26.2 Å². The van der Waals surface area contributed by atoms with Gasteiger partial charge in [0.05, 0.1) is 7.59 Å². The molecule has 1 aromatic rings. The maximum atomic E-state index is 6.27. The van der Waals surface area contributed by atoms with E-state index in [1.807, 2.05) is 24.3 Å². The SMILES string of the molecule is C[Si]1(C)CCC(Oc2ccc(N)cc2)O[Si]1(C)C. The highest BCUT2D eigenvalue weighted by Crippen LogP contribution is 2.34. The molecule has 3 nitrogen and oxygen atoms in total. The summed E-state index contributed by atoms with van der Waals surface area (Å²) in [5.74, 6) is 0.848. The van der Waals surface area contributed by atoms with Crippen molar-refractivity contribution in [1.82, 2.24) is 0 Å². The molecule has 1 aliphatic heterocycles. The van der Waals surface area contributed by atoms with Gasteiger partial charge in [-0.3, -0.25) is 0 Å². The minimum absolute atomic E-state index is 0.0733. The molecule has 1 saturated heterocycles. The summed E-state index contributed by atoms with van der Waals surface area (Å²) in [5, 5.41) is 0. The minimum atomic E-state index is -1.56. The summed E-state index contributed by atoms with van der Waals surface area (Å²) < 4.78 is 12.2. The van der Waals surface area contributed by atoms with E-state index in [9.17, 15) is 0 Å². The van der Waals surface area contributed by atoms with E-state index in [1.54, 1.807) is 0 Å². The maximum Gasteiger partial charge on any atom is 0.190 e. The van der Waals surface area contributed by atoms with Crippen molar-refractivity contribution in [3.8, 4) is 5.75 Å². The van der Waals surface area contributed by atoms with E-state index in [0.717, 1.165) is 17.9 Å². The van der Waals surface area contributed by atoms with Crippen molar-refractivity contribution >= 4 is 21.1 Å². The first-order valence-corrected chi connectivity index (χ1v) is 13.6. The summed E-state index contributed by atoms with van der Waals surface area (Å²) in [6, 6.07) is 8.83. The highest BCUT2D eigenvalue weighted by molar-refractivity contribution is 7.38. The van der Waals surface area contributed by atoms with Gasteiger partial charge in [-0.05, 0) is 37.4 Å². The lowest BCUT2D eigenvalue weighted by Gasteiger charge is -2.45. The van der Waals surface area contributed by atoms with Crippen molar-refractivity contribution in [2.24, 2.45) is 0 Å². The summed E-state index contributed by atoms with van der Waals surface area (Å²) in [4.78, 5) is 0. The molecule has 0 saturated carbocycles. The van der Waals surface area contributed by atoms with Gasteiger partial charge in [-0.2, -0.15) is 0 Å². The molecule has 2 N–H and O–H groups in total. The normalized spacial score (nSPS) is 25.7. The monoisotopic (exact) mass is 281 g/mol. The molecule has 100 valence electrons. The second-order valence-electron chi connectivity index (χ2n) is 6.17. The lowest BCUT2D eigenvalue weighted by molar-refractivity contribution is -0.00563. The van der Waals surface area contributed by atoms with E-state index in [4.69, 9.17) is 14.9 Å². The number of hydrogen-bond donors (Lipinski definition) is 1. The van der Waals surface area contributed by atoms with Crippen LogP contribution in [-0.2, 0) is 4.43 Å². The van der Waals surface area contributed by atoms with Gasteiger partial charge in [0.15, 0.2) is 14.1 Å². The average Bonchev–Trinajstić information content (AvgIpc) is 2.27. The van der Waals surface area contributed by atoms with Crippen LogP contribution in [0.2, 0.25) is 32.2 Å². The summed E-state index contributed by atoms with van der Waals surface area (Å²) in [6.07, 6.45) is 0.941. The molecule has 18 heavy (non-hydrogen) atoms. The Morgan fingerprint density at radius 3 is 2.33 bits per heavy atom. The number of nitrogens with two attached hydrogens (primary N) is 1. The van der Waals surface area contributed by atoms with E-state index >= 15 is 0 Å². The van der Waals surface area contributed by atoms with Gasteiger partial charge in [-0.1, -0.05) is 19.1 Å². The molecule has 1 atom stereocenters. The molecule has 0 spiro atoms. The third-order valence-corrected chi connectivity index (χ3v) is 20.7. The predicted molar refractivity (Wildman–Crippen MR) is 80.7 cm³/mol. The molecule has 0 radical (unpaired) electrons. The highest BCUT2D eigenvalue weighted by atomic mass is 29.3. The third-order valence-electron chi connectivity index (χ3n) is 4.21. The van der Waals surface area contributed by atoms with E-state index < -0.39 is 15.4 Å². The van der Waals surface area contributed by atoms with Gasteiger partial charge in [-0.15, -0.1) is 0 Å². The zero-order valence-electron chi connectivity index (χ0n) is 11.7. The fraction of sp³-hybridized carbons (Fsp3) is 0.538. The molecule has 0 aromatic heterocycles. The maximum absolute atomic E-state index is 6.27. The van der Waals surface area contributed by atoms with Gasteiger partial charge in [-0.25, -0.2) is 0 Å². The van der Waals surface area contributed by atoms with E-state index in [0.29, 0.717) is 0 Å². The van der Waals surface area contributed by atoms with Gasteiger partial charge in [0.25, 0.3) is 0 Å². The summed E-state index contributed by atoms with van der Waals surface area (Å²) in [6.45, 7) is 9.55. The van der Waals surface area contributed by atoms with Crippen LogP contribution in [0, 0.1) is 0 Å². The molecular formula is C13H23NO2Si2. The molecular weight excluding hydrogens is 258 g/mol. The Balaban J connectivity index is 2.02. The van der Waals surface area contributed by atoms with Crippen LogP contribution in [-0.4, -0.2) is 21.7 Å². The summed E-state index contributed by atoms with van der Waals surface area (Å²) >= 11 is 0. The standard InChI is InChI=1S/C13H23NO2Si2/c1-17(2)10-9-13(16-18(17,3)4)15-12-7-5-11(14)6-8-12/h5-8,13H,9-10,14H2,1-4H3. The van der Waals surface area contributed by atoms with Crippen LogP contribution in [0.4, 0.5) is 5.69 Å². The molecule has 0 bridgehead atoms. The average molecular weight is 282 g/mol. The Bertz CT molecular complexity index is 418. The van der Waals surface area contributed by atoms with Crippen LogP contribution in [0.3, 0.4) is 0 Å². The first-order chi connectivity index (χ1) is 8.30.